The number of nitrogens with one attached hydrogen (secondary N) is 1. The highest BCUT2D eigenvalue weighted by Crippen LogP contribution is 2.17. The minimum atomic E-state index is -4.41. The van der Waals surface area contributed by atoms with E-state index in [9.17, 15) is 18.0 Å². The molecule has 0 saturated carbocycles. The third-order valence-electron chi connectivity index (χ3n) is 2.77. The molecule has 0 unspecified atom stereocenters. The molecule has 2 heterocycles. The van der Waals surface area contributed by atoms with E-state index >= 15 is 0 Å². The van der Waals surface area contributed by atoms with E-state index in [2.05, 4.69) is 15.0 Å². The van der Waals surface area contributed by atoms with E-state index in [4.69, 9.17) is 0 Å². The summed E-state index contributed by atoms with van der Waals surface area (Å²) >= 11 is 0. The van der Waals surface area contributed by atoms with E-state index in [1.54, 1.807) is 4.90 Å². The van der Waals surface area contributed by atoms with Crippen molar-refractivity contribution in [2.45, 2.75) is 6.18 Å². The highest BCUT2D eigenvalue weighted by Gasteiger charge is 2.28. The van der Waals surface area contributed by atoms with E-state index in [0.717, 1.165) is 13.1 Å². The first-order chi connectivity index (χ1) is 9.46. The predicted molar refractivity (Wildman–Crippen MR) is 64.6 cm³/mol. The molecular weight excluding hydrogens is 275 g/mol. The summed E-state index contributed by atoms with van der Waals surface area (Å²) in [6, 6.07) is 2.68. The second-order valence-electron chi connectivity index (χ2n) is 4.33. The molecule has 5 nitrogen and oxygen atoms in total. The van der Waals surface area contributed by atoms with Gasteiger partial charge in [-0.1, -0.05) is 0 Å². The van der Waals surface area contributed by atoms with Crippen LogP contribution in [0.5, 0.6) is 5.88 Å². The average molecular weight is 289 g/mol. The summed E-state index contributed by atoms with van der Waals surface area (Å²) in [5.41, 5.74) is 0.339. The van der Waals surface area contributed by atoms with Crippen molar-refractivity contribution in [3.8, 4) is 5.88 Å². The first kappa shape index (κ1) is 14.6. The molecule has 0 aliphatic carbocycles. The molecule has 0 atom stereocenters. The van der Waals surface area contributed by atoms with Crippen LogP contribution in [0.15, 0.2) is 18.3 Å². The number of amides is 1. The van der Waals surface area contributed by atoms with Crippen LogP contribution >= 0.6 is 0 Å². The monoisotopic (exact) mass is 289 g/mol. The Labute approximate surface area is 113 Å². The second-order valence-corrected chi connectivity index (χ2v) is 4.33. The molecule has 0 aromatic carbocycles. The number of hydrogen-bond acceptors (Lipinski definition) is 4. The Hall–Kier alpha value is -1.83. The van der Waals surface area contributed by atoms with Gasteiger partial charge in [0.25, 0.3) is 5.91 Å². The molecule has 1 aliphatic heterocycles. The van der Waals surface area contributed by atoms with E-state index < -0.39 is 12.8 Å². The van der Waals surface area contributed by atoms with Crippen LogP contribution in [0.3, 0.4) is 0 Å². The van der Waals surface area contributed by atoms with E-state index in [0.29, 0.717) is 18.7 Å². The highest BCUT2D eigenvalue weighted by molar-refractivity contribution is 5.94. The topological polar surface area (TPSA) is 54.5 Å². The number of hydrogen-bond donors (Lipinski definition) is 1. The predicted octanol–water partition coefficient (Wildman–Crippen LogP) is 1.07. The maximum absolute atomic E-state index is 12.1. The third-order valence-corrected chi connectivity index (χ3v) is 2.77. The van der Waals surface area contributed by atoms with Gasteiger partial charge in [-0.3, -0.25) is 4.79 Å². The van der Waals surface area contributed by atoms with Crippen molar-refractivity contribution in [3.05, 3.63) is 23.9 Å². The number of carbonyl (C=O) groups excluding carboxylic acids is 1. The van der Waals surface area contributed by atoms with Crippen molar-refractivity contribution in [3.63, 3.8) is 0 Å². The quantitative estimate of drug-likeness (QED) is 0.904. The number of carbonyl (C=O) groups is 1. The normalized spacial score (nSPS) is 16.1. The van der Waals surface area contributed by atoms with Crippen LogP contribution < -0.4 is 10.1 Å². The lowest BCUT2D eigenvalue weighted by Gasteiger charge is -2.27. The zero-order valence-electron chi connectivity index (χ0n) is 10.6. The summed E-state index contributed by atoms with van der Waals surface area (Å²) in [4.78, 5) is 17.4. The maximum atomic E-state index is 12.1. The van der Waals surface area contributed by atoms with E-state index in [1.807, 2.05) is 0 Å². The lowest BCUT2D eigenvalue weighted by Crippen LogP contribution is -2.46. The molecule has 2 rings (SSSR count). The van der Waals surface area contributed by atoms with Crippen LogP contribution in [0.2, 0.25) is 0 Å². The SMILES string of the molecule is O=C(c1ccc(OCC(F)(F)F)nc1)N1CCNCC1. The van der Waals surface area contributed by atoms with Gasteiger partial charge in [-0.25, -0.2) is 4.98 Å². The van der Waals surface area contributed by atoms with Crippen LogP contribution in [0.1, 0.15) is 10.4 Å². The fourth-order valence-corrected chi connectivity index (χ4v) is 1.80. The van der Waals surface area contributed by atoms with Gasteiger partial charge in [0.1, 0.15) is 0 Å². The highest BCUT2D eigenvalue weighted by atomic mass is 19.4. The molecule has 1 aromatic heterocycles. The van der Waals surface area contributed by atoms with Crippen molar-refractivity contribution < 1.29 is 22.7 Å². The number of ether oxygens (including phenoxy) is 1. The zero-order chi connectivity index (χ0) is 14.6. The van der Waals surface area contributed by atoms with Crippen LogP contribution in [0.25, 0.3) is 0 Å². The maximum Gasteiger partial charge on any atom is 0.422 e. The number of halogens is 3. The molecule has 1 saturated heterocycles. The van der Waals surface area contributed by atoms with Gasteiger partial charge >= 0.3 is 6.18 Å². The first-order valence-electron chi connectivity index (χ1n) is 6.11. The van der Waals surface area contributed by atoms with Crippen molar-refractivity contribution >= 4 is 5.91 Å². The van der Waals surface area contributed by atoms with Crippen molar-refractivity contribution in [1.82, 2.24) is 15.2 Å². The molecule has 1 aromatic rings. The molecule has 0 bridgehead atoms. The van der Waals surface area contributed by atoms with Crippen molar-refractivity contribution in [2.75, 3.05) is 32.8 Å². The molecule has 1 fully saturated rings. The molecule has 0 radical (unpaired) electrons. The molecular formula is C12H14F3N3O2. The van der Waals surface area contributed by atoms with Crippen molar-refractivity contribution in [2.24, 2.45) is 0 Å². The average Bonchev–Trinajstić information content (AvgIpc) is 2.45. The number of aromatic nitrogens is 1. The fourth-order valence-electron chi connectivity index (χ4n) is 1.80. The molecule has 0 spiro atoms. The molecule has 1 aliphatic rings. The fraction of sp³-hybridized carbons (Fsp3) is 0.500. The van der Waals surface area contributed by atoms with Gasteiger partial charge in [0.2, 0.25) is 5.88 Å². The van der Waals surface area contributed by atoms with Gasteiger partial charge in [0.05, 0.1) is 5.56 Å². The lowest BCUT2D eigenvalue weighted by atomic mass is 10.2. The van der Waals surface area contributed by atoms with Crippen LogP contribution in [0, 0.1) is 0 Å². The minimum Gasteiger partial charge on any atom is -0.468 e. The minimum absolute atomic E-state index is 0.154. The number of alkyl halides is 3. The smallest absolute Gasteiger partial charge is 0.422 e. The second kappa shape index (κ2) is 6.08. The van der Waals surface area contributed by atoms with Gasteiger partial charge in [-0.05, 0) is 6.07 Å². The summed E-state index contributed by atoms with van der Waals surface area (Å²) in [6.07, 6.45) is -3.17. The van der Waals surface area contributed by atoms with Gasteiger partial charge in [-0.15, -0.1) is 0 Å². The Morgan fingerprint density at radius 3 is 2.60 bits per heavy atom. The largest absolute Gasteiger partial charge is 0.468 e. The Kier molecular flexibility index (Phi) is 4.43. The molecule has 8 heteroatoms. The summed E-state index contributed by atoms with van der Waals surface area (Å²) in [5.74, 6) is -0.333. The number of nitrogens with zero attached hydrogens (tertiary/aromatic N) is 2. The summed E-state index contributed by atoms with van der Waals surface area (Å²) in [5, 5.41) is 3.12. The number of rotatable bonds is 3. The van der Waals surface area contributed by atoms with Gasteiger partial charge in [0.15, 0.2) is 6.61 Å². The van der Waals surface area contributed by atoms with Crippen molar-refractivity contribution in [1.29, 1.82) is 0 Å². The number of pyridine rings is 1. The molecule has 1 amide bonds. The Bertz CT molecular complexity index is 456. The number of piperazine rings is 1. The lowest BCUT2D eigenvalue weighted by molar-refractivity contribution is -0.154. The van der Waals surface area contributed by atoms with E-state index in [1.165, 1.54) is 18.3 Å². The molecule has 1 N–H and O–H groups in total. The summed E-state index contributed by atoms with van der Waals surface area (Å²) in [7, 11) is 0. The Balaban J connectivity index is 1.95. The van der Waals surface area contributed by atoms with Gasteiger partial charge < -0.3 is 15.0 Å². The Morgan fingerprint density at radius 1 is 1.35 bits per heavy atom. The summed E-state index contributed by atoms with van der Waals surface area (Å²) < 4.78 is 40.4. The standard InChI is InChI=1S/C12H14F3N3O2/c13-12(14,15)8-20-10-2-1-9(7-17-10)11(19)18-5-3-16-4-6-18/h1-2,7,16H,3-6,8H2. The molecule has 110 valence electrons. The molecule has 20 heavy (non-hydrogen) atoms. The van der Waals surface area contributed by atoms with Crippen LogP contribution in [-0.4, -0.2) is 54.8 Å². The summed E-state index contributed by atoms with van der Waals surface area (Å²) in [6.45, 7) is 1.26. The van der Waals surface area contributed by atoms with Gasteiger partial charge in [0, 0.05) is 38.4 Å². The zero-order valence-corrected chi connectivity index (χ0v) is 10.6. The van der Waals surface area contributed by atoms with E-state index in [-0.39, 0.29) is 11.8 Å². The van der Waals surface area contributed by atoms with Crippen LogP contribution in [0.4, 0.5) is 13.2 Å². The van der Waals surface area contributed by atoms with Gasteiger partial charge in [-0.2, -0.15) is 13.2 Å². The third kappa shape index (κ3) is 4.09. The first-order valence-corrected chi connectivity index (χ1v) is 6.11. The van der Waals surface area contributed by atoms with Crippen LogP contribution in [-0.2, 0) is 0 Å². The Morgan fingerprint density at radius 2 is 2.05 bits per heavy atom.